The highest BCUT2D eigenvalue weighted by Crippen LogP contribution is 2.42. The monoisotopic (exact) mass is 321 g/mol. The molecule has 1 aromatic carbocycles. The van der Waals surface area contributed by atoms with Crippen LogP contribution in [0.15, 0.2) is 12.1 Å². The molecule has 7 heteroatoms. The summed E-state index contributed by atoms with van der Waals surface area (Å²) in [5.41, 5.74) is 0.878. The van der Waals surface area contributed by atoms with Gasteiger partial charge in [0.2, 0.25) is 6.79 Å². The zero-order valence-corrected chi connectivity index (χ0v) is 13.4. The molecule has 7 nitrogen and oxygen atoms in total. The molecule has 3 rings (SSSR count). The van der Waals surface area contributed by atoms with E-state index in [9.17, 15) is 10.1 Å². The summed E-state index contributed by atoms with van der Waals surface area (Å²) in [7, 11) is 0. The summed E-state index contributed by atoms with van der Waals surface area (Å²) in [4.78, 5) is 13.6. The highest BCUT2D eigenvalue weighted by Gasteiger charge is 2.31. The SMILES string of the molecule is CCCC[C@@H](c1cc2c(cc1[N+](=O)[O-])OCO2)N1CCNCC1. The van der Waals surface area contributed by atoms with Crippen molar-refractivity contribution in [1.29, 1.82) is 0 Å². The van der Waals surface area contributed by atoms with E-state index < -0.39 is 0 Å². The maximum atomic E-state index is 11.6. The standard InChI is InChI=1S/C16H23N3O4/c1-2-3-4-13(18-7-5-17-6-8-18)12-9-15-16(23-11-22-15)10-14(12)19(20)21/h9-10,13,17H,2-8,11H2,1H3/t13-/m0/s1. The lowest BCUT2D eigenvalue weighted by Crippen LogP contribution is -2.45. The zero-order chi connectivity index (χ0) is 16.2. The number of hydrogen-bond acceptors (Lipinski definition) is 6. The summed E-state index contributed by atoms with van der Waals surface area (Å²) in [6, 6.07) is 3.37. The molecule has 126 valence electrons. The first kappa shape index (κ1) is 16.0. The Hall–Kier alpha value is -1.86. The maximum Gasteiger partial charge on any atom is 0.278 e. The van der Waals surface area contributed by atoms with E-state index in [1.807, 2.05) is 6.07 Å². The average Bonchev–Trinajstić information content (AvgIpc) is 3.02. The van der Waals surface area contributed by atoms with Gasteiger partial charge in [0.15, 0.2) is 11.5 Å². The van der Waals surface area contributed by atoms with Crippen LogP contribution in [0.25, 0.3) is 0 Å². The molecule has 0 spiro atoms. The third-order valence-corrected chi connectivity index (χ3v) is 4.50. The Morgan fingerprint density at radius 3 is 2.65 bits per heavy atom. The van der Waals surface area contributed by atoms with Crippen molar-refractivity contribution in [1.82, 2.24) is 10.2 Å². The lowest BCUT2D eigenvalue weighted by Gasteiger charge is -2.35. The van der Waals surface area contributed by atoms with Gasteiger partial charge in [-0.3, -0.25) is 15.0 Å². The van der Waals surface area contributed by atoms with E-state index in [4.69, 9.17) is 9.47 Å². The molecule has 1 N–H and O–H groups in total. The summed E-state index contributed by atoms with van der Waals surface area (Å²) >= 11 is 0. The second kappa shape index (κ2) is 7.14. The van der Waals surface area contributed by atoms with Crippen molar-refractivity contribution in [2.75, 3.05) is 33.0 Å². The number of nitro groups is 1. The molecule has 0 radical (unpaired) electrons. The maximum absolute atomic E-state index is 11.6. The van der Waals surface area contributed by atoms with Gasteiger partial charge in [-0.1, -0.05) is 19.8 Å². The van der Waals surface area contributed by atoms with E-state index >= 15 is 0 Å². The lowest BCUT2D eigenvalue weighted by atomic mass is 9.96. The van der Waals surface area contributed by atoms with Crippen LogP contribution in [0, 0.1) is 10.1 Å². The second-order valence-corrected chi connectivity index (χ2v) is 5.97. The lowest BCUT2D eigenvalue weighted by molar-refractivity contribution is -0.386. The van der Waals surface area contributed by atoms with E-state index in [2.05, 4.69) is 17.1 Å². The number of nitrogens with one attached hydrogen (secondary N) is 1. The van der Waals surface area contributed by atoms with E-state index in [-0.39, 0.29) is 23.4 Å². The van der Waals surface area contributed by atoms with Crippen LogP contribution in [-0.2, 0) is 0 Å². The molecule has 1 aromatic rings. The Kier molecular flexibility index (Phi) is 4.97. The molecule has 0 aromatic heterocycles. The average molecular weight is 321 g/mol. The van der Waals surface area contributed by atoms with E-state index in [1.165, 1.54) is 6.07 Å². The minimum Gasteiger partial charge on any atom is -0.454 e. The molecule has 0 bridgehead atoms. The van der Waals surface area contributed by atoms with Crippen LogP contribution in [0.3, 0.4) is 0 Å². The Bertz CT molecular complexity index is 573. The predicted octanol–water partition coefficient (Wildman–Crippen LogP) is 2.46. The Morgan fingerprint density at radius 2 is 2.00 bits per heavy atom. The summed E-state index contributed by atoms with van der Waals surface area (Å²) in [5, 5.41) is 14.9. The summed E-state index contributed by atoms with van der Waals surface area (Å²) in [6.45, 7) is 5.91. The van der Waals surface area contributed by atoms with Gasteiger partial charge in [-0.15, -0.1) is 0 Å². The fourth-order valence-corrected chi connectivity index (χ4v) is 3.30. The van der Waals surface area contributed by atoms with Crippen molar-refractivity contribution in [3.05, 3.63) is 27.8 Å². The fraction of sp³-hybridized carbons (Fsp3) is 0.625. The third-order valence-electron chi connectivity index (χ3n) is 4.50. The highest BCUT2D eigenvalue weighted by molar-refractivity contribution is 5.56. The van der Waals surface area contributed by atoms with Crippen LogP contribution in [0.2, 0.25) is 0 Å². The van der Waals surface area contributed by atoms with Crippen molar-refractivity contribution < 1.29 is 14.4 Å². The van der Waals surface area contributed by atoms with Gasteiger partial charge >= 0.3 is 0 Å². The molecular formula is C16H23N3O4. The number of ether oxygens (including phenoxy) is 2. The number of nitro benzene ring substituents is 1. The number of rotatable bonds is 6. The van der Waals surface area contributed by atoms with Crippen LogP contribution in [0.4, 0.5) is 5.69 Å². The van der Waals surface area contributed by atoms with Crippen molar-refractivity contribution in [3.8, 4) is 11.5 Å². The third kappa shape index (κ3) is 3.40. The van der Waals surface area contributed by atoms with Crippen molar-refractivity contribution in [2.45, 2.75) is 32.2 Å². The normalized spacial score (nSPS) is 18.8. The van der Waals surface area contributed by atoms with Crippen molar-refractivity contribution in [3.63, 3.8) is 0 Å². The summed E-state index contributed by atoms with van der Waals surface area (Å²) in [6.07, 6.45) is 3.03. The van der Waals surface area contributed by atoms with Crippen LogP contribution in [-0.4, -0.2) is 42.8 Å². The molecule has 0 aliphatic carbocycles. The highest BCUT2D eigenvalue weighted by atomic mass is 16.7. The molecule has 2 heterocycles. The predicted molar refractivity (Wildman–Crippen MR) is 85.9 cm³/mol. The van der Waals surface area contributed by atoms with Crippen molar-refractivity contribution in [2.24, 2.45) is 0 Å². The van der Waals surface area contributed by atoms with Gasteiger partial charge in [-0.25, -0.2) is 0 Å². The minimum atomic E-state index is -0.307. The molecule has 23 heavy (non-hydrogen) atoms. The van der Waals surface area contributed by atoms with Gasteiger partial charge in [0, 0.05) is 32.2 Å². The van der Waals surface area contributed by atoms with E-state index in [0.29, 0.717) is 11.5 Å². The Morgan fingerprint density at radius 1 is 1.30 bits per heavy atom. The van der Waals surface area contributed by atoms with Crippen LogP contribution in [0.1, 0.15) is 37.8 Å². The Balaban J connectivity index is 1.97. The molecule has 2 aliphatic heterocycles. The number of fused-ring (bicyclic) bond motifs is 1. The quantitative estimate of drug-likeness (QED) is 0.640. The number of unbranched alkanes of at least 4 members (excludes halogenated alkanes) is 1. The fourth-order valence-electron chi connectivity index (χ4n) is 3.30. The first-order chi connectivity index (χ1) is 11.2. The van der Waals surface area contributed by atoms with E-state index in [0.717, 1.165) is 51.0 Å². The van der Waals surface area contributed by atoms with Gasteiger partial charge in [0.25, 0.3) is 5.69 Å². The molecule has 0 amide bonds. The second-order valence-electron chi connectivity index (χ2n) is 5.97. The zero-order valence-electron chi connectivity index (χ0n) is 13.4. The number of benzene rings is 1. The van der Waals surface area contributed by atoms with Gasteiger partial charge in [-0.05, 0) is 12.5 Å². The molecule has 1 fully saturated rings. The van der Waals surface area contributed by atoms with Crippen molar-refractivity contribution >= 4 is 5.69 Å². The van der Waals surface area contributed by atoms with Crippen LogP contribution in [0.5, 0.6) is 11.5 Å². The number of hydrogen-bond donors (Lipinski definition) is 1. The number of piperazine rings is 1. The molecule has 1 saturated heterocycles. The molecule has 0 saturated carbocycles. The van der Waals surface area contributed by atoms with Gasteiger partial charge in [0.1, 0.15) is 0 Å². The molecule has 1 atom stereocenters. The molecule has 2 aliphatic rings. The Labute approximate surface area is 135 Å². The first-order valence-electron chi connectivity index (χ1n) is 8.23. The molecule has 0 unspecified atom stereocenters. The first-order valence-corrected chi connectivity index (χ1v) is 8.23. The topological polar surface area (TPSA) is 76.9 Å². The van der Waals surface area contributed by atoms with E-state index in [1.54, 1.807) is 0 Å². The number of nitrogens with zero attached hydrogens (tertiary/aromatic N) is 2. The van der Waals surface area contributed by atoms with Crippen LogP contribution < -0.4 is 14.8 Å². The summed E-state index contributed by atoms with van der Waals surface area (Å²) < 4.78 is 10.7. The van der Waals surface area contributed by atoms with Gasteiger partial charge < -0.3 is 14.8 Å². The minimum absolute atomic E-state index is 0.0481. The summed E-state index contributed by atoms with van der Waals surface area (Å²) in [5.74, 6) is 1.08. The molecular weight excluding hydrogens is 298 g/mol. The van der Waals surface area contributed by atoms with Gasteiger partial charge in [0.05, 0.1) is 16.6 Å². The smallest absolute Gasteiger partial charge is 0.278 e. The van der Waals surface area contributed by atoms with Crippen LogP contribution >= 0.6 is 0 Å². The largest absolute Gasteiger partial charge is 0.454 e. The van der Waals surface area contributed by atoms with Gasteiger partial charge in [-0.2, -0.15) is 0 Å².